The number of hydrogen-bond acceptors (Lipinski definition) is 4. The molecule has 2 fully saturated rings. The quantitative estimate of drug-likeness (QED) is 0.796. The first-order chi connectivity index (χ1) is 9.60. The summed E-state index contributed by atoms with van der Waals surface area (Å²) in [6.45, 7) is 12.3. The molecule has 0 aliphatic carbocycles. The van der Waals surface area contributed by atoms with Crippen LogP contribution in [0, 0.1) is 0 Å². The Morgan fingerprint density at radius 2 is 1.90 bits per heavy atom. The number of piperidine rings is 1. The van der Waals surface area contributed by atoms with Gasteiger partial charge in [0.2, 0.25) is 0 Å². The number of ether oxygens (including phenoxy) is 2. The lowest BCUT2D eigenvalue weighted by Gasteiger charge is -2.51. The molecule has 2 atom stereocenters. The molecule has 1 N–H and O–H groups in total. The van der Waals surface area contributed by atoms with E-state index in [9.17, 15) is 9.90 Å². The molecule has 0 spiro atoms. The molecule has 2 rings (SSSR count). The van der Waals surface area contributed by atoms with Gasteiger partial charge < -0.3 is 14.6 Å². The number of rotatable bonds is 2. The summed E-state index contributed by atoms with van der Waals surface area (Å²) in [5.74, 6) is 0. The first kappa shape index (κ1) is 16.3. The Labute approximate surface area is 126 Å². The Balaban J connectivity index is 2.13. The molecule has 0 radical (unpaired) electrons. The molecule has 0 aromatic rings. The van der Waals surface area contributed by atoms with Crippen LogP contribution in [-0.4, -0.2) is 52.6 Å². The van der Waals surface area contributed by atoms with Gasteiger partial charge in [-0.05, 0) is 47.0 Å². The van der Waals surface area contributed by atoms with Crippen molar-refractivity contribution in [2.75, 3.05) is 13.2 Å². The molecule has 5 nitrogen and oxygen atoms in total. The SMILES string of the molecule is C=C(C)CC1(O)CC2COCC(C1)N2C(=O)OC(C)(C)C. The lowest BCUT2D eigenvalue weighted by molar-refractivity contribution is -0.137. The van der Waals surface area contributed by atoms with Crippen LogP contribution in [0.4, 0.5) is 4.79 Å². The summed E-state index contributed by atoms with van der Waals surface area (Å²) >= 11 is 0. The average Bonchev–Trinajstić information content (AvgIpc) is 2.22. The van der Waals surface area contributed by atoms with Crippen molar-refractivity contribution in [2.45, 2.75) is 70.2 Å². The predicted octanol–water partition coefficient (Wildman–Crippen LogP) is 2.48. The minimum absolute atomic E-state index is 0.128. The Morgan fingerprint density at radius 1 is 1.38 bits per heavy atom. The van der Waals surface area contributed by atoms with E-state index in [2.05, 4.69) is 6.58 Å². The first-order valence-corrected chi connectivity index (χ1v) is 7.55. The highest BCUT2D eigenvalue weighted by Crippen LogP contribution is 2.38. The van der Waals surface area contributed by atoms with Crippen molar-refractivity contribution in [2.24, 2.45) is 0 Å². The molecule has 2 aliphatic heterocycles. The second kappa shape index (κ2) is 5.61. The maximum atomic E-state index is 12.4. The molecule has 2 unspecified atom stereocenters. The van der Waals surface area contributed by atoms with Gasteiger partial charge >= 0.3 is 6.09 Å². The molecular weight excluding hydrogens is 270 g/mol. The first-order valence-electron chi connectivity index (χ1n) is 7.55. The van der Waals surface area contributed by atoms with Crippen molar-refractivity contribution in [1.29, 1.82) is 0 Å². The number of morpholine rings is 1. The van der Waals surface area contributed by atoms with Crippen LogP contribution in [0.25, 0.3) is 0 Å². The van der Waals surface area contributed by atoms with E-state index in [-0.39, 0.29) is 18.2 Å². The monoisotopic (exact) mass is 297 g/mol. The van der Waals surface area contributed by atoms with E-state index in [4.69, 9.17) is 9.47 Å². The standard InChI is InChI=1S/C16H27NO4/c1-11(2)6-16(19)7-12-9-20-10-13(8-16)17(12)14(18)21-15(3,4)5/h12-13,19H,1,6-10H2,2-5H3. The highest BCUT2D eigenvalue weighted by molar-refractivity contribution is 5.69. The van der Waals surface area contributed by atoms with E-state index in [1.807, 2.05) is 27.7 Å². The summed E-state index contributed by atoms with van der Waals surface area (Å²) in [7, 11) is 0. The smallest absolute Gasteiger partial charge is 0.410 e. The van der Waals surface area contributed by atoms with Gasteiger partial charge in [-0.1, -0.05) is 5.57 Å². The van der Waals surface area contributed by atoms with E-state index in [0.717, 1.165) is 5.57 Å². The molecule has 2 aliphatic rings. The van der Waals surface area contributed by atoms with Gasteiger partial charge in [-0.3, -0.25) is 4.90 Å². The third-order valence-electron chi connectivity index (χ3n) is 3.87. The second-order valence-electron chi connectivity index (χ2n) is 7.50. The topological polar surface area (TPSA) is 59.0 Å². The highest BCUT2D eigenvalue weighted by Gasteiger charge is 2.48. The number of carbonyl (C=O) groups is 1. The van der Waals surface area contributed by atoms with Crippen LogP contribution in [-0.2, 0) is 9.47 Å². The van der Waals surface area contributed by atoms with Gasteiger partial charge in [0, 0.05) is 0 Å². The number of carbonyl (C=O) groups excluding carboxylic acids is 1. The Hall–Kier alpha value is -1.07. The number of hydrogen-bond donors (Lipinski definition) is 1. The normalized spacial score (nSPS) is 32.7. The lowest BCUT2D eigenvalue weighted by Crippen LogP contribution is -2.64. The van der Waals surface area contributed by atoms with Gasteiger partial charge in [-0.25, -0.2) is 4.79 Å². The maximum absolute atomic E-state index is 12.4. The molecule has 1 amide bonds. The van der Waals surface area contributed by atoms with Gasteiger partial charge in [0.15, 0.2) is 0 Å². The number of fused-ring (bicyclic) bond motifs is 2. The molecule has 2 bridgehead atoms. The molecule has 21 heavy (non-hydrogen) atoms. The molecule has 5 heteroatoms. The van der Waals surface area contributed by atoms with E-state index in [1.165, 1.54) is 0 Å². The zero-order chi connectivity index (χ0) is 15.8. The van der Waals surface area contributed by atoms with Crippen LogP contribution >= 0.6 is 0 Å². The van der Waals surface area contributed by atoms with Crippen LogP contribution < -0.4 is 0 Å². The van der Waals surface area contributed by atoms with Crippen LogP contribution in [0.3, 0.4) is 0 Å². The largest absolute Gasteiger partial charge is 0.444 e. The minimum Gasteiger partial charge on any atom is -0.444 e. The van der Waals surface area contributed by atoms with E-state index < -0.39 is 11.2 Å². The van der Waals surface area contributed by atoms with E-state index in [0.29, 0.717) is 32.5 Å². The predicted molar refractivity (Wildman–Crippen MR) is 80.1 cm³/mol. The van der Waals surface area contributed by atoms with Gasteiger partial charge in [-0.15, -0.1) is 6.58 Å². The maximum Gasteiger partial charge on any atom is 0.410 e. The average molecular weight is 297 g/mol. The van der Waals surface area contributed by atoms with Gasteiger partial charge in [0.05, 0.1) is 30.9 Å². The molecular formula is C16H27NO4. The molecule has 2 saturated heterocycles. The zero-order valence-corrected chi connectivity index (χ0v) is 13.5. The minimum atomic E-state index is -0.788. The Kier molecular flexibility index (Phi) is 4.36. The number of amides is 1. The molecule has 120 valence electrons. The summed E-state index contributed by atoms with van der Waals surface area (Å²) in [6, 6.07) is -0.256. The van der Waals surface area contributed by atoms with Crippen molar-refractivity contribution >= 4 is 6.09 Å². The summed E-state index contributed by atoms with van der Waals surface area (Å²) in [6.07, 6.45) is 1.28. The second-order valence-corrected chi connectivity index (χ2v) is 7.50. The Bertz CT molecular complexity index is 412. The number of nitrogens with zero attached hydrogens (tertiary/aromatic N) is 1. The van der Waals surface area contributed by atoms with Crippen LogP contribution in [0.5, 0.6) is 0 Å². The summed E-state index contributed by atoms with van der Waals surface area (Å²) in [4.78, 5) is 14.2. The van der Waals surface area contributed by atoms with E-state index >= 15 is 0 Å². The molecule has 0 aromatic heterocycles. The van der Waals surface area contributed by atoms with Crippen molar-refractivity contribution in [1.82, 2.24) is 4.90 Å². The third kappa shape index (κ3) is 3.98. The van der Waals surface area contributed by atoms with Crippen molar-refractivity contribution < 1.29 is 19.4 Å². The van der Waals surface area contributed by atoms with Crippen molar-refractivity contribution in [3.05, 3.63) is 12.2 Å². The fourth-order valence-electron chi connectivity index (χ4n) is 3.39. The van der Waals surface area contributed by atoms with Gasteiger partial charge in [0.25, 0.3) is 0 Å². The lowest BCUT2D eigenvalue weighted by atomic mass is 9.78. The molecule has 0 aromatic carbocycles. The van der Waals surface area contributed by atoms with Gasteiger partial charge in [0.1, 0.15) is 5.60 Å². The summed E-state index contributed by atoms with van der Waals surface area (Å²) in [5.41, 5.74) is -0.344. The van der Waals surface area contributed by atoms with Crippen molar-refractivity contribution in [3.63, 3.8) is 0 Å². The van der Waals surface area contributed by atoms with Gasteiger partial charge in [-0.2, -0.15) is 0 Å². The highest BCUT2D eigenvalue weighted by atomic mass is 16.6. The molecule has 2 heterocycles. The third-order valence-corrected chi connectivity index (χ3v) is 3.87. The van der Waals surface area contributed by atoms with Crippen LogP contribution in [0.1, 0.15) is 47.0 Å². The van der Waals surface area contributed by atoms with E-state index in [1.54, 1.807) is 4.90 Å². The van der Waals surface area contributed by atoms with Crippen molar-refractivity contribution in [3.8, 4) is 0 Å². The van der Waals surface area contributed by atoms with Crippen LogP contribution in [0.2, 0.25) is 0 Å². The fraction of sp³-hybridized carbons (Fsp3) is 0.812. The Morgan fingerprint density at radius 3 is 2.33 bits per heavy atom. The molecule has 0 saturated carbocycles. The zero-order valence-electron chi connectivity index (χ0n) is 13.5. The van der Waals surface area contributed by atoms with Crippen LogP contribution in [0.15, 0.2) is 12.2 Å². The summed E-state index contributed by atoms with van der Waals surface area (Å²) < 4.78 is 11.1. The fourth-order valence-corrected chi connectivity index (χ4v) is 3.39. The number of aliphatic hydroxyl groups is 1. The summed E-state index contributed by atoms with van der Waals surface area (Å²) in [5, 5.41) is 10.8.